The van der Waals surface area contributed by atoms with Crippen LogP contribution in [0.25, 0.3) is 6.08 Å². The first-order chi connectivity index (χ1) is 9.01. The fourth-order valence-electron chi connectivity index (χ4n) is 1.90. The van der Waals surface area contributed by atoms with Crippen molar-refractivity contribution in [2.45, 2.75) is 40.0 Å². The van der Waals surface area contributed by atoms with E-state index in [9.17, 15) is 4.79 Å². The molecule has 1 rings (SSSR count). The Bertz CT molecular complexity index is 490. The van der Waals surface area contributed by atoms with E-state index >= 15 is 0 Å². The highest BCUT2D eigenvalue weighted by Crippen LogP contribution is 2.32. The number of allylic oxidation sites excluding steroid dienone is 1. The number of hydrogen-bond acceptors (Lipinski definition) is 2. The number of halogens is 1. The molecular formula is C16H21ClO2. The average molecular weight is 281 g/mol. The molecule has 0 fully saturated rings. The number of carbonyl (C=O) groups is 1. The summed E-state index contributed by atoms with van der Waals surface area (Å²) in [5, 5.41) is 0.567. The first-order valence-electron chi connectivity index (χ1n) is 6.55. The van der Waals surface area contributed by atoms with Crippen LogP contribution in [-0.2, 0) is 4.79 Å². The second-order valence-corrected chi connectivity index (χ2v) is 5.02. The molecule has 0 atom stereocenters. The second kappa shape index (κ2) is 7.34. The highest BCUT2D eigenvalue weighted by Gasteiger charge is 2.11. The summed E-state index contributed by atoms with van der Waals surface area (Å²) < 4.78 is 5.22. The molecule has 0 saturated carbocycles. The zero-order valence-electron chi connectivity index (χ0n) is 12.0. The topological polar surface area (TPSA) is 26.3 Å². The van der Waals surface area contributed by atoms with E-state index in [0.717, 1.165) is 36.0 Å². The Balaban J connectivity index is 3.23. The van der Waals surface area contributed by atoms with Crippen molar-refractivity contribution in [3.8, 4) is 5.75 Å². The molecule has 2 nitrogen and oxygen atoms in total. The van der Waals surface area contributed by atoms with Gasteiger partial charge in [-0.05, 0) is 50.0 Å². The van der Waals surface area contributed by atoms with Gasteiger partial charge in [0, 0.05) is 5.56 Å². The van der Waals surface area contributed by atoms with E-state index < -0.39 is 0 Å². The van der Waals surface area contributed by atoms with Gasteiger partial charge in [0.15, 0.2) is 5.78 Å². The number of ketones is 1. The molecule has 0 aromatic heterocycles. The highest BCUT2D eigenvalue weighted by atomic mass is 35.5. The molecule has 0 N–H and O–H groups in total. The van der Waals surface area contributed by atoms with Crippen LogP contribution >= 0.6 is 11.6 Å². The summed E-state index contributed by atoms with van der Waals surface area (Å²) in [6.45, 7) is 5.70. The molecule has 19 heavy (non-hydrogen) atoms. The summed E-state index contributed by atoms with van der Waals surface area (Å²) >= 11 is 6.32. The van der Waals surface area contributed by atoms with Gasteiger partial charge < -0.3 is 4.74 Å². The van der Waals surface area contributed by atoms with Gasteiger partial charge in [0.05, 0.1) is 12.1 Å². The SMILES string of the molecule is CCCC/C(=C\c1c(C)ccc(OC)c1Cl)C(C)=O. The van der Waals surface area contributed by atoms with E-state index in [0.29, 0.717) is 10.8 Å². The van der Waals surface area contributed by atoms with Crippen LogP contribution in [0.5, 0.6) is 5.75 Å². The van der Waals surface area contributed by atoms with Gasteiger partial charge in [-0.15, -0.1) is 0 Å². The number of benzene rings is 1. The van der Waals surface area contributed by atoms with Crippen molar-refractivity contribution < 1.29 is 9.53 Å². The number of aryl methyl sites for hydroxylation is 1. The molecule has 0 radical (unpaired) electrons. The summed E-state index contributed by atoms with van der Waals surface area (Å²) in [5.41, 5.74) is 2.74. The zero-order chi connectivity index (χ0) is 14.4. The molecule has 3 heteroatoms. The maximum Gasteiger partial charge on any atom is 0.155 e. The second-order valence-electron chi connectivity index (χ2n) is 4.64. The maximum atomic E-state index is 11.7. The van der Waals surface area contributed by atoms with Gasteiger partial charge in [0.2, 0.25) is 0 Å². The van der Waals surface area contributed by atoms with Crippen LogP contribution in [0.4, 0.5) is 0 Å². The lowest BCUT2D eigenvalue weighted by atomic mass is 9.99. The average Bonchev–Trinajstić information content (AvgIpc) is 2.37. The smallest absolute Gasteiger partial charge is 0.155 e. The summed E-state index contributed by atoms with van der Waals surface area (Å²) in [6, 6.07) is 3.79. The zero-order valence-corrected chi connectivity index (χ0v) is 12.8. The molecule has 1 aromatic carbocycles. The lowest BCUT2D eigenvalue weighted by molar-refractivity contribution is -0.113. The Kier molecular flexibility index (Phi) is 6.10. The predicted molar refractivity (Wildman–Crippen MR) is 80.9 cm³/mol. The van der Waals surface area contributed by atoms with Gasteiger partial charge in [-0.25, -0.2) is 0 Å². The highest BCUT2D eigenvalue weighted by molar-refractivity contribution is 6.33. The summed E-state index contributed by atoms with van der Waals surface area (Å²) in [4.78, 5) is 11.7. The lowest BCUT2D eigenvalue weighted by Crippen LogP contribution is -1.98. The van der Waals surface area contributed by atoms with Crippen LogP contribution < -0.4 is 4.74 Å². The molecule has 1 aromatic rings. The van der Waals surface area contributed by atoms with Crippen molar-refractivity contribution in [2.75, 3.05) is 7.11 Å². The number of Topliss-reactive ketones (excluding diaryl/α,β-unsaturated/α-hetero) is 1. The minimum absolute atomic E-state index is 0.103. The van der Waals surface area contributed by atoms with Crippen LogP contribution in [0.1, 0.15) is 44.2 Å². The summed E-state index contributed by atoms with van der Waals surface area (Å²) in [7, 11) is 1.59. The quantitative estimate of drug-likeness (QED) is 0.698. The Morgan fingerprint density at radius 3 is 2.63 bits per heavy atom. The predicted octanol–water partition coefficient (Wildman–Crippen LogP) is 4.82. The summed E-state index contributed by atoms with van der Waals surface area (Å²) in [5.74, 6) is 0.739. The van der Waals surface area contributed by atoms with Crippen molar-refractivity contribution in [2.24, 2.45) is 0 Å². The van der Waals surface area contributed by atoms with Crippen LogP contribution in [-0.4, -0.2) is 12.9 Å². The van der Waals surface area contributed by atoms with Gasteiger partial charge in [-0.2, -0.15) is 0 Å². The lowest BCUT2D eigenvalue weighted by Gasteiger charge is -2.10. The van der Waals surface area contributed by atoms with Crippen molar-refractivity contribution >= 4 is 23.5 Å². The summed E-state index contributed by atoms with van der Waals surface area (Å²) in [6.07, 6.45) is 4.76. The fourth-order valence-corrected chi connectivity index (χ4v) is 2.24. The maximum absolute atomic E-state index is 11.7. The third kappa shape index (κ3) is 4.10. The normalized spacial score (nSPS) is 11.5. The van der Waals surface area contributed by atoms with Crippen molar-refractivity contribution in [3.63, 3.8) is 0 Å². The third-order valence-electron chi connectivity index (χ3n) is 3.15. The standard InChI is InChI=1S/C16H21ClO2/c1-5-6-7-13(12(3)18)10-14-11(2)8-9-15(19-4)16(14)17/h8-10H,5-7H2,1-4H3/b13-10+. The van der Waals surface area contributed by atoms with Crippen molar-refractivity contribution in [1.82, 2.24) is 0 Å². The van der Waals surface area contributed by atoms with E-state index in [-0.39, 0.29) is 5.78 Å². The van der Waals surface area contributed by atoms with Crippen molar-refractivity contribution in [3.05, 3.63) is 33.9 Å². The van der Waals surface area contributed by atoms with Gasteiger partial charge >= 0.3 is 0 Å². The van der Waals surface area contributed by atoms with E-state index in [1.54, 1.807) is 14.0 Å². The molecule has 0 unspecified atom stereocenters. The first kappa shape index (κ1) is 15.8. The Morgan fingerprint density at radius 2 is 2.11 bits per heavy atom. The monoisotopic (exact) mass is 280 g/mol. The van der Waals surface area contributed by atoms with Gasteiger partial charge in [-0.1, -0.05) is 31.0 Å². The van der Waals surface area contributed by atoms with Gasteiger partial charge in [0.25, 0.3) is 0 Å². The Morgan fingerprint density at radius 1 is 1.42 bits per heavy atom. The molecular weight excluding hydrogens is 260 g/mol. The van der Waals surface area contributed by atoms with Crippen LogP contribution in [0.15, 0.2) is 17.7 Å². The van der Waals surface area contributed by atoms with E-state index in [2.05, 4.69) is 6.92 Å². The van der Waals surface area contributed by atoms with Crippen molar-refractivity contribution in [1.29, 1.82) is 0 Å². The van der Waals surface area contributed by atoms with E-state index in [1.807, 2.05) is 25.1 Å². The van der Waals surface area contributed by atoms with Gasteiger partial charge in [-0.3, -0.25) is 4.79 Å². The number of rotatable bonds is 6. The molecule has 0 aliphatic heterocycles. The number of methoxy groups -OCH3 is 1. The molecule has 0 bridgehead atoms. The minimum atomic E-state index is 0.103. The number of carbonyl (C=O) groups excluding carboxylic acids is 1. The molecule has 0 aliphatic rings. The van der Waals surface area contributed by atoms with Crippen LogP contribution in [0.2, 0.25) is 5.02 Å². The molecule has 0 aliphatic carbocycles. The number of unbranched alkanes of at least 4 members (excludes halogenated alkanes) is 1. The minimum Gasteiger partial charge on any atom is -0.495 e. The van der Waals surface area contributed by atoms with Crippen LogP contribution in [0, 0.1) is 6.92 Å². The largest absolute Gasteiger partial charge is 0.495 e. The van der Waals surface area contributed by atoms with E-state index in [4.69, 9.17) is 16.3 Å². The van der Waals surface area contributed by atoms with E-state index in [1.165, 1.54) is 0 Å². The number of ether oxygens (including phenoxy) is 1. The molecule has 0 spiro atoms. The molecule has 104 valence electrons. The van der Waals surface area contributed by atoms with Crippen LogP contribution in [0.3, 0.4) is 0 Å². The molecule has 0 saturated heterocycles. The molecule has 0 amide bonds. The number of hydrogen-bond donors (Lipinski definition) is 0. The first-order valence-corrected chi connectivity index (χ1v) is 6.93. The third-order valence-corrected chi connectivity index (χ3v) is 3.54. The Labute approximate surface area is 120 Å². The fraction of sp³-hybridized carbons (Fsp3) is 0.438. The van der Waals surface area contributed by atoms with Gasteiger partial charge in [0.1, 0.15) is 5.75 Å². The Hall–Kier alpha value is -1.28. The molecule has 0 heterocycles.